The average molecular weight is 375 g/mol. The molecular formula is C18H19F2N5O2. The fourth-order valence-electron chi connectivity index (χ4n) is 3.47. The van der Waals surface area contributed by atoms with E-state index in [4.69, 9.17) is 9.47 Å². The number of nitrogens with zero attached hydrogens (tertiary/aromatic N) is 4. The van der Waals surface area contributed by atoms with Gasteiger partial charge in [0.05, 0.1) is 30.3 Å². The van der Waals surface area contributed by atoms with Crippen molar-refractivity contribution in [3.05, 3.63) is 24.7 Å². The van der Waals surface area contributed by atoms with E-state index in [1.165, 1.54) is 0 Å². The third-order valence-electron chi connectivity index (χ3n) is 5.16. The van der Waals surface area contributed by atoms with Crippen LogP contribution in [0.3, 0.4) is 0 Å². The molecule has 1 atom stereocenters. The lowest BCUT2D eigenvalue weighted by Gasteiger charge is -2.23. The van der Waals surface area contributed by atoms with Gasteiger partial charge in [-0.3, -0.25) is 9.78 Å². The standard InChI is InChI=1S/C18H19F2N5O2/c19-18(20)7-12(18)10-25-9-11(8-22-25)16-15-14(23-24-16)1-4-21-17(15)27-13-2-5-26-6-3-13/h1,4,8-9,12-13H,2-3,5-7,10H2,(H,23,24). The number of pyridine rings is 1. The zero-order valence-corrected chi connectivity index (χ0v) is 14.6. The van der Waals surface area contributed by atoms with Crippen molar-refractivity contribution < 1.29 is 18.3 Å². The second-order valence-corrected chi connectivity index (χ2v) is 7.15. The summed E-state index contributed by atoms with van der Waals surface area (Å²) >= 11 is 0. The Morgan fingerprint density at radius 1 is 1.33 bits per heavy atom. The van der Waals surface area contributed by atoms with Crippen molar-refractivity contribution in [1.82, 2.24) is 25.0 Å². The van der Waals surface area contributed by atoms with Gasteiger partial charge in [-0.2, -0.15) is 10.2 Å². The molecule has 9 heteroatoms. The highest BCUT2D eigenvalue weighted by atomic mass is 19.3. The van der Waals surface area contributed by atoms with Gasteiger partial charge >= 0.3 is 0 Å². The molecule has 1 saturated carbocycles. The maximum absolute atomic E-state index is 13.2. The lowest BCUT2D eigenvalue weighted by molar-refractivity contribution is 0.0244. The van der Waals surface area contributed by atoms with Crippen LogP contribution in [-0.4, -0.2) is 50.2 Å². The molecule has 2 aliphatic rings. The molecular weight excluding hydrogens is 356 g/mol. The number of rotatable bonds is 5. The molecule has 27 heavy (non-hydrogen) atoms. The predicted molar refractivity (Wildman–Crippen MR) is 92.6 cm³/mol. The van der Waals surface area contributed by atoms with E-state index < -0.39 is 11.8 Å². The number of fused-ring (bicyclic) bond motifs is 1. The van der Waals surface area contributed by atoms with Crippen LogP contribution < -0.4 is 4.74 Å². The van der Waals surface area contributed by atoms with Crippen LogP contribution in [-0.2, 0) is 11.3 Å². The Morgan fingerprint density at radius 3 is 2.93 bits per heavy atom. The van der Waals surface area contributed by atoms with E-state index in [1.807, 2.05) is 6.07 Å². The number of hydrogen-bond donors (Lipinski definition) is 1. The highest BCUT2D eigenvalue weighted by Gasteiger charge is 2.56. The number of alkyl halides is 2. The minimum atomic E-state index is -2.56. The van der Waals surface area contributed by atoms with E-state index in [1.54, 1.807) is 23.3 Å². The number of hydrogen-bond acceptors (Lipinski definition) is 5. The fourth-order valence-corrected chi connectivity index (χ4v) is 3.47. The molecule has 1 unspecified atom stereocenters. The minimum absolute atomic E-state index is 0.0550. The summed E-state index contributed by atoms with van der Waals surface area (Å²) in [7, 11) is 0. The highest BCUT2D eigenvalue weighted by molar-refractivity contribution is 5.96. The molecule has 2 fully saturated rings. The normalized spacial score (nSPS) is 22.2. The maximum atomic E-state index is 13.2. The maximum Gasteiger partial charge on any atom is 0.253 e. The second kappa shape index (κ2) is 6.26. The van der Waals surface area contributed by atoms with Crippen molar-refractivity contribution in [2.24, 2.45) is 5.92 Å². The van der Waals surface area contributed by atoms with E-state index in [0.717, 1.165) is 29.3 Å². The SMILES string of the molecule is FC1(F)CC1Cn1cc(-c2n[nH]c3ccnc(OC4CCOCC4)c23)cn1. The molecule has 1 N–H and O–H groups in total. The van der Waals surface area contributed by atoms with Crippen molar-refractivity contribution in [3.63, 3.8) is 0 Å². The molecule has 0 amide bonds. The molecule has 0 aromatic carbocycles. The number of aromatic amines is 1. The van der Waals surface area contributed by atoms with Gasteiger partial charge in [0.25, 0.3) is 5.92 Å². The Hall–Kier alpha value is -2.55. The number of H-pyrrole nitrogens is 1. The summed E-state index contributed by atoms with van der Waals surface area (Å²) in [5, 5.41) is 12.4. The van der Waals surface area contributed by atoms with Crippen LogP contribution in [0.4, 0.5) is 8.78 Å². The molecule has 5 rings (SSSR count). The summed E-state index contributed by atoms with van der Waals surface area (Å²) < 4.78 is 39.4. The van der Waals surface area contributed by atoms with Gasteiger partial charge in [0.1, 0.15) is 11.8 Å². The number of halogens is 2. The lowest BCUT2D eigenvalue weighted by Crippen LogP contribution is -2.26. The third-order valence-corrected chi connectivity index (χ3v) is 5.16. The topological polar surface area (TPSA) is 77.9 Å². The molecule has 0 spiro atoms. The number of ether oxygens (including phenoxy) is 2. The Balaban J connectivity index is 1.44. The van der Waals surface area contributed by atoms with Crippen molar-refractivity contribution in [2.45, 2.75) is 37.8 Å². The van der Waals surface area contributed by atoms with Gasteiger partial charge in [-0.15, -0.1) is 0 Å². The van der Waals surface area contributed by atoms with Crippen molar-refractivity contribution in [2.75, 3.05) is 13.2 Å². The molecule has 0 bridgehead atoms. The molecule has 0 radical (unpaired) electrons. The monoisotopic (exact) mass is 375 g/mol. The number of aromatic nitrogens is 5. The van der Waals surface area contributed by atoms with Crippen molar-refractivity contribution in [1.29, 1.82) is 0 Å². The Kier molecular flexibility index (Phi) is 3.85. The van der Waals surface area contributed by atoms with E-state index in [9.17, 15) is 8.78 Å². The van der Waals surface area contributed by atoms with E-state index >= 15 is 0 Å². The Morgan fingerprint density at radius 2 is 2.15 bits per heavy atom. The van der Waals surface area contributed by atoms with Gasteiger partial charge in [-0.25, -0.2) is 13.8 Å². The van der Waals surface area contributed by atoms with Crippen molar-refractivity contribution >= 4 is 10.9 Å². The van der Waals surface area contributed by atoms with Gasteiger partial charge in [-0.1, -0.05) is 0 Å². The van der Waals surface area contributed by atoms with E-state index in [2.05, 4.69) is 20.3 Å². The van der Waals surface area contributed by atoms with Crippen LogP contribution in [0.15, 0.2) is 24.7 Å². The first kappa shape index (κ1) is 16.6. The summed E-state index contributed by atoms with van der Waals surface area (Å²) in [5.41, 5.74) is 2.22. The molecule has 1 aliphatic carbocycles. The first-order valence-corrected chi connectivity index (χ1v) is 9.08. The summed E-state index contributed by atoms with van der Waals surface area (Å²) in [6.07, 6.45) is 6.69. The average Bonchev–Trinajstić information content (AvgIpc) is 3.05. The molecule has 7 nitrogen and oxygen atoms in total. The van der Waals surface area contributed by atoms with Crippen LogP contribution in [0.5, 0.6) is 5.88 Å². The van der Waals surface area contributed by atoms with Crippen LogP contribution >= 0.6 is 0 Å². The zero-order chi connectivity index (χ0) is 18.4. The van der Waals surface area contributed by atoms with E-state index in [0.29, 0.717) is 24.8 Å². The molecule has 3 aromatic heterocycles. The second-order valence-electron chi connectivity index (χ2n) is 7.15. The summed E-state index contributed by atoms with van der Waals surface area (Å²) in [6, 6.07) is 1.83. The van der Waals surface area contributed by atoms with Gasteiger partial charge in [0, 0.05) is 49.7 Å². The zero-order valence-electron chi connectivity index (χ0n) is 14.6. The van der Waals surface area contributed by atoms with Gasteiger partial charge in [0.15, 0.2) is 0 Å². The molecule has 3 aromatic rings. The Labute approximate surface area is 153 Å². The van der Waals surface area contributed by atoms with Gasteiger partial charge in [0.2, 0.25) is 5.88 Å². The first-order valence-electron chi connectivity index (χ1n) is 9.08. The largest absolute Gasteiger partial charge is 0.474 e. The lowest BCUT2D eigenvalue weighted by atomic mass is 10.1. The number of nitrogens with one attached hydrogen (secondary N) is 1. The summed E-state index contributed by atoms with van der Waals surface area (Å²) in [4.78, 5) is 4.39. The smallest absolute Gasteiger partial charge is 0.253 e. The molecule has 142 valence electrons. The molecule has 4 heterocycles. The van der Waals surface area contributed by atoms with Crippen molar-refractivity contribution in [3.8, 4) is 17.1 Å². The highest BCUT2D eigenvalue weighted by Crippen LogP contribution is 2.49. The van der Waals surface area contributed by atoms with Gasteiger partial charge < -0.3 is 9.47 Å². The van der Waals surface area contributed by atoms with Crippen LogP contribution in [0.1, 0.15) is 19.3 Å². The summed E-state index contributed by atoms with van der Waals surface area (Å²) in [5.74, 6) is -2.67. The molecule has 1 saturated heterocycles. The first-order chi connectivity index (χ1) is 13.1. The van der Waals surface area contributed by atoms with E-state index in [-0.39, 0.29) is 19.1 Å². The quantitative estimate of drug-likeness (QED) is 0.742. The van der Waals surface area contributed by atoms with Crippen LogP contribution in [0.2, 0.25) is 0 Å². The Bertz CT molecular complexity index is 964. The van der Waals surface area contributed by atoms with Crippen LogP contribution in [0, 0.1) is 5.92 Å². The fraction of sp³-hybridized carbons (Fsp3) is 0.500. The van der Waals surface area contributed by atoms with Gasteiger partial charge in [-0.05, 0) is 6.07 Å². The minimum Gasteiger partial charge on any atom is -0.474 e. The predicted octanol–water partition coefficient (Wildman–Crippen LogP) is 3.03. The third kappa shape index (κ3) is 3.16. The summed E-state index contributed by atoms with van der Waals surface area (Å²) in [6.45, 7) is 1.56. The van der Waals surface area contributed by atoms with Crippen LogP contribution in [0.25, 0.3) is 22.2 Å². The molecule has 1 aliphatic heterocycles.